The predicted octanol–water partition coefficient (Wildman–Crippen LogP) is 5.64. The smallest absolute Gasteiger partial charge is 0.411 e. The first-order valence-electron chi connectivity index (χ1n) is 11.1. The minimum absolute atomic E-state index is 0.00677. The van der Waals surface area contributed by atoms with Gasteiger partial charge in [0.25, 0.3) is 0 Å². The van der Waals surface area contributed by atoms with Gasteiger partial charge in [-0.1, -0.05) is 50.1 Å². The van der Waals surface area contributed by atoms with Crippen LogP contribution in [0.1, 0.15) is 84.8 Å². The van der Waals surface area contributed by atoms with Gasteiger partial charge in [-0.2, -0.15) is 0 Å². The van der Waals surface area contributed by atoms with Gasteiger partial charge in [0.2, 0.25) is 5.60 Å². The van der Waals surface area contributed by atoms with Crippen LogP contribution in [0.3, 0.4) is 0 Å². The van der Waals surface area contributed by atoms with Crippen LogP contribution in [0.15, 0.2) is 30.3 Å². The number of rotatable bonds is 7. The molecule has 2 aliphatic rings. The van der Waals surface area contributed by atoms with Crippen molar-refractivity contribution in [3.8, 4) is 0 Å². The molecular formula is C24H35NO4. The van der Waals surface area contributed by atoms with Crippen molar-refractivity contribution in [3.63, 3.8) is 0 Å². The van der Waals surface area contributed by atoms with Crippen LogP contribution >= 0.6 is 0 Å². The Kier molecular flexibility index (Phi) is 6.25. The summed E-state index contributed by atoms with van der Waals surface area (Å²) in [7, 11) is 0. The molecule has 160 valence electrons. The van der Waals surface area contributed by atoms with Crippen LogP contribution in [0.4, 0.5) is 4.79 Å². The summed E-state index contributed by atoms with van der Waals surface area (Å²) in [6.07, 6.45) is 4.24. The van der Waals surface area contributed by atoms with Gasteiger partial charge < -0.3 is 14.4 Å². The van der Waals surface area contributed by atoms with Gasteiger partial charge in [0.1, 0.15) is 6.10 Å². The maximum absolute atomic E-state index is 13.3. The van der Waals surface area contributed by atoms with E-state index in [0.29, 0.717) is 6.42 Å². The molecule has 1 aliphatic heterocycles. The average molecular weight is 402 g/mol. The lowest BCUT2D eigenvalue weighted by Crippen LogP contribution is -2.54. The van der Waals surface area contributed by atoms with Gasteiger partial charge in [0.15, 0.2) is 0 Å². The van der Waals surface area contributed by atoms with E-state index in [1.165, 1.54) is 0 Å². The summed E-state index contributed by atoms with van der Waals surface area (Å²) < 4.78 is 12.2. The van der Waals surface area contributed by atoms with Crippen LogP contribution in [-0.2, 0) is 14.3 Å². The predicted molar refractivity (Wildman–Crippen MR) is 112 cm³/mol. The largest absolute Gasteiger partial charge is 0.454 e. The molecule has 3 rings (SSSR count). The van der Waals surface area contributed by atoms with E-state index in [0.717, 1.165) is 37.7 Å². The van der Waals surface area contributed by atoms with E-state index in [4.69, 9.17) is 9.47 Å². The van der Waals surface area contributed by atoms with Crippen LogP contribution in [0, 0.1) is 5.41 Å². The van der Waals surface area contributed by atoms with Crippen molar-refractivity contribution < 1.29 is 19.1 Å². The summed E-state index contributed by atoms with van der Waals surface area (Å²) in [5, 5.41) is 0. The van der Waals surface area contributed by atoms with Crippen LogP contribution in [0.2, 0.25) is 0 Å². The summed E-state index contributed by atoms with van der Waals surface area (Å²) in [6, 6.07) is 9.91. The molecule has 1 saturated heterocycles. The molecule has 1 aromatic carbocycles. The highest BCUT2D eigenvalue weighted by molar-refractivity contribution is 5.87. The Morgan fingerprint density at radius 2 is 1.83 bits per heavy atom. The second kappa shape index (κ2) is 8.37. The molecule has 1 saturated carbocycles. The quantitative estimate of drug-likeness (QED) is 0.555. The molecule has 1 amide bonds. The fraction of sp³-hybridized carbons (Fsp3) is 0.667. The van der Waals surface area contributed by atoms with E-state index in [1.807, 2.05) is 58.0 Å². The Hall–Kier alpha value is -2.04. The van der Waals surface area contributed by atoms with Crippen LogP contribution in [0.25, 0.3) is 0 Å². The number of benzene rings is 1. The lowest BCUT2D eigenvalue weighted by atomic mass is 9.67. The highest BCUT2D eigenvalue weighted by Crippen LogP contribution is 2.64. The number of carbonyl (C=O) groups is 2. The fourth-order valence-corrected chi connectivity index (χ4v) is 5.45. The molecule has 0 N–H and O–H groups in total. The third kappa shape index (κ3) is 3.53. The first-order valence-corrected chi connectivity index (χ1v) is 11.1. The summed E-state index contributed by atoms with van der Waals surface area (Å²) in [6.45, 7) is 10.0. The molecule has 1 heterocycles. The molecule has 2 fully saturated rings. The molecule has 0 radical (unpaired) electrons. The molecule has 0 aromatic heterocycles. The molecule has 0 bridgehead atoms. The van der Waals surface area contributed by atoms with E-state index in [1.54, 1.807) is 4.90 Å². The van der Waals surface area contributed by atoms with Crippen LogP contribution in [-0.4, -0.2) is 34.6 Å². The fourth-order valence-electron chi connectivity index (χ4n) is 5.45. The summed E-state index contributed by atoms with van der Waals surface area (Å²) in [5.41, 5.74) is -0.709. The molecule has 3 atom stereocenters. The minimum Gasteiger partial charge on any atom is -0.454 e. The van der Waals surface area contributed by atoms with Crippen molar-refractivity contribution in [2.75, 3.05) is 0 Å². The van der Waals surface area contributed by atoms with Crippen molar-refractivity contribution in [1.82, 2.24) is 4.90 Å². The Labute approximate surface area is 174 Å². The molecule has 0 unspecified atom stereocenters. The Bertz CT molecular complexity index is 724. The lowest BCUT2D eigenvalue weighted by Gasteiger charge is -2.41. The van der Waals surface area contributed by atoms with Gasteiger partial charge in [-0.05, 0) is 58.9 Å². The van der Waals surface area contributed by atoms with Crippen molar-refractivity contribution in [3.05, 3.63) is 35.9 Å². The van der Waals surface area contributed by atoms with E-state index >= 15 is 0 Å². The Balaban J connectivity index is 2.02. The lowest BCUT2D eigenvalue weighted by molar-refractivity contribution is -0.158. The highest BCUT2D eigenvalue weighted by Gasteiger charge is 2.72. The standard InChI is InChI=1S/C24H35NO4/c1-6-7-14-23-15-11-16-24(23,29-22(27)25(17(2)3)18(4)5)21(26)28-20(23)19-12-9-8-10-13-19/h8-10,12-13,17-18,20H,6-7,11,14-16H2,1-5H3/t20-,23-,24-/m1/s1. The van der Waals surface area contributed by atoms with Gasteiger partial charge in [-0.3, -0.25) is 0 Å². The third-order valence-corrected chi connectivity index (χ3v) is 6.68. The van der Waals surface area contributed by atoms with Gasteiger partial charge in [-0.15, -0.1) is 0 Å². The Morgan fingerprint density at radius 1 is 1.17 bits per heavy atom. The minimum atomic E-state index is -1.19. The number of unbranched alkanes of at least 4 members (excludes halogenated alkanes) is 1. The number of ether oxygens (including phenoxy) is 2. The number of cyclic esters (lactones) is 1. The summed E-state index contributed by atoms with van der Waals surface area (Å²) >= 11 is 0. The number of fused-ring (bicyclic) bond motifs is 1. The highest BCUT2D eigenvalue weighted by atomic mass is 16.6. The zero-order valence-electron chi connectivity index (χ0n) is 18.4. The van der Waals surface area contributed by atoms with Gasteiger partial charge in [-0.25, -0.2) is 9.59 Å². The van der Waals surface area contributed by atoms with Gasteiger partial charge in [0.05, 0.1) is 5.41 Å². The van der Waals surface area contributed by atoms with Crippen LogP contribution in [0.5, 0.6) is 0 Å². The van der Waals surface area contributed by atoms with E-state index in [-0.39, 0.29) is 24.2 Å². The van der Waals surface area contributed by atoms with Crippen molar-refractivity contribution in [2.45, 2.75) is 96.9 Å². The first-order chi connectivity index (χ1) is 13.8. The summed E-state index contributed by atoms with van der Waals surface area (Å²) in [5.74, 6) is -0.374. The molecule has 5 heteroatoms. The second-order valence-electron chi connectivity index (χ2n) is 9.10. The molecule has 29 heavy (non-hydrogen) atoms. The number of hydrogen-bond donors (Lipinski definition) is 0. The normalized spacial score (nSPS) is 28.5. The van der Waals surface area contributed by atoms with Gasteiger partial charge in [0, 0.05) is 12.1 Å². The summed E-state index contributed by atoms with van der Waals surface area (Å²) in [4.78, 5) is 28.2. The number of esters is 1. The number of nitrogens with zero attached hydrogens (tertiary/aromatic N) is 1. The molecule has 5 nitrogen and oxygen atoms in total. The molecular weight excluding hydrogens is 366 g/mol. The zero-order chi connectivity index (χ0) is 21.2. The molecule has 1 aromatic rings. The topological polar surface area (TPSA) is 55.8 Å². The average Bonchev–Trinajstić information content (AvgIpc) is 3.13. The Morgan fingerprint density at radius 3 is 2.41 bits per heavy atom. The van der Waals surface area contributed by atoms with Crippen molar-refractivity contribution in [1.29, 1.82) is 0 Å². The zero-order valence-corrected chi connectivity index (χ0v) is 18.4. The second-order valence-corrected chi connectivity index (χ2v) is 9.10. The third-order valence-electron chi connectivity index (χ3n) is 6.68. The maximum atomic E-state index is 13.3. The van der Waals surface area contributed by atoms with E-state index < -0.39 is 17.1 Å². The van der Waals surface area contributed by atoms with Crippen LogP contribution < -0.4 is 0 Å². The number of carbonyl (C=O) groups excluding carboxylic acids is 2. The maximum Gasteiger partial charge on any atom is 0.411 e. The number of hydrogen-bond acceptors (Lipinski definition) is 4. The van der Waals surface area contributed by atoms with E-state index in [9.17, 15) is 9.59 Å². The van der Waals surface area contributed by atoms with Gasteiger partial charge >= 0.3 is 12.1 Å². The molecule has 0 spiro atoms. The van der Waals surface area contributed by atoms with Crippen molar-refractivity contribution >= 4 is 12.1 Å². The monoisotopic (exact) mass is 401 g/mol. The first kappa shape index (κ1) is 21.7. The van der Waals surface area contributed by atoms with E-state index in [2.05, 4.69) is 6.92 Å². The SMILES string of the molecule is CCCC[C@]12CCC[C@@]1(OC(=O)N(C(C)C)C(C)C)C(=O)O[C@@H]2c1ccccc1. The molecule has 1 aliphatic carbocycles. The number of amides is 1. The van der Waals surface area contributed by atoms with Crippen molar-refractivity contribution in [2.24, 2.45) is 5.41 Å².